The molecule has 0 aliphatic carbocycles. The number of aromatic nitrogens is 1. The molecule has 1 aliphatic rings. The fraction of sp³-hybridized carbons (Fsp3) is 0.545. The Morgan fingerprint density at radius 1 is 1.65 bits per heavy atom. The van der Waals surface area contributed by atoms with Gasteiger partial charge in [0.05, 0.1) is 19.4 Å². The van der Waals surface area contributed by atoms with Gasteiger partial charge >= 0.3 is 0 Å². The molecule has 1 aliphatic heterocycles. The second-order valence-corrected chi connectivity index (χ2v) is 3.84. The van der Waals surface area contributed by atoms with Crippen molar-refractivity contribution in [1.29, 1.82) is 0 Å². The maximum absolute atomic E-state index is 13.0. The first-order valence-corrected chi connectivity index (χ1v) is 5.55. The van der Waals surface area contributed by atoms with Crippen LogP contribution in [0, 0.1) is 5.95 Å². The predicted molar refractivity (Wildman–Crippen MR) is 57.3 cm³/mol. The lowest BCUT2D eigenvalue weighted by Crippen LogP contribution is -2.76. The van der Waals surface area contributed by atoms with Gasteiger partial charge in [-0.3, -0.25) is 0 Å². The topological polar surface area (TPSA) is 57.2 Å². The van der Waals surface area contributed by atoms with Crippen molar-refractivity contribution >= 4 is 5.69 Å². The zero-order valence-corrected chi connectivity index (χ0v) is 9.69. The second kappa shape index (κ2) is 5.90. The number of pyridine rings is 1. The first-order chi connectivity index (χ1) is 8.29. The van der Waals surface area contributed by atoms with Crippen LogP contribution in [0.3, 0.4) is 0 Å². The molecule has 1 saturated heterocycles. The standard InChI is InChI=1S/C11H15FN2O3/c1-15-14-9-6-13-11(12)5-10(9)17-7-8-3-2-4-16-8/h5-6,8,14H,2-4,7H2,1H3/p+1. The highest BCUT2D eigenvalue weighted by Gasteiger charge is 2.18. The molecule has 2 N–H and O–H groups in total. The van der Waals surface area contributed by atoms with Gasteiger partial charge in [-0.05, 0) is 12.8 Å². The van der Waals surface area contributed by atoms with Crippen LogP contribution in [0.2, 0.25) is 0 Å². The van der Waals surface area contributed by atoms with Gasteiger partial charge in [-0.2, -0.15) is 9.87 Å². The van der Waals surface area contributed by atoms with E-state index in [0.29, 0.717) is 18.0 Å². The molecule has 0 spiro atoms. The van der Waals surface area contributed by atoms with Gasteiger partial charge in [0, 0.05) is 12.7 Å². The molecular weight excluding hydrogens is 227 g/mol. The third kappa shape index (κ3) is 3.36. The van der Waals surface area contributed by atoms with Crippen LogP contribution in [0.4, 0.5) is 10.1 Å². The summed E-state index contributed by atoms with van der Waals surface area (Å²) in [5.74, 6) is -0.143. The molecule has 0 bridgehead atoms. The number of nitrogens with zero attached hydrogens (tertiary/aromatic N) is 1. The minimum atomic E-state index is -0.569. The Morgan fingerprint density at radius 3 is 3.24 bits per heavy atom. The van der Waals surface area contributed by atoms with E-state index in [-0.39, 0.29) is 6.10 Å². The molecule has 0 amide bonds. The van der Waals surface area contributed by atoms with Crippen molar-refractivity contribution in [2.24, 2.45) is 0 Å². The van der Waals surface area contributed by atoms with Crippen LogP contribution >= 0.6 is 0 Å². The Hall–Kier alpha value is -1.24. The summed E-state index contributed by atoms with van der Waals surface area (Å²) in [5, 5.41) is 0. The average molecular weight is 243 g/mol. The lowest BCUT2D eigenvalue weighted by molar-refractivity contribution is -0.830. The summed E-state index contributed by atoms with van der Waals surface area (Å²) in [4.78, 5) is 8.43. The largest absolute Gasteiger partial charge is 0.484 e. The van der Waals surface area contributed by atoms with Crippen LogP contribution in [0.25, 0.3) is 0 Å². The second-order valence-electron chi connectivity index (χ2n) is 3.84. The normalized spacial score (nSPS) is 19.5. The minimum absolute atomic E-state index is 0.0987. The minimum Gasteiger partial charge on any atom is -0.484 e. The Morgan fingerprint density at radius 2 is 2.53 bits per heavy atom. The van der Waals surface area contributed by atoms with Crippen molar-refractivity contribution in [3.63, 3.8) is 0 Å². The third-order valence-corrected chi connectivity index (χ3v) is 2.56. The quantitative estimate of drug-likeness (QED) is 0.605. The smallest absolute Gasteiger partial charge is 0.223 e. The Labute approximate surface area is 98.8 Å². The van der Waals surface area contributed by atoms with E-state index in [9.17, 15) is 4.39 Å². The van der Waals surface area contributed by atoms with Gasteiger partial charge in [0.15, 0.2) is 5.75 Å². The first kappa shape index (κ1) is 12.2. The van der Waals surface area contributed by atoms with Gasteiger partial charge in [0.1, 0.15) is 6.61 Å². The summed E-state index contributed by atoms with van der Waals surface area (Å²) in [6, 6.07) is 1.25. The van der Waals surface area contributed by atoms with Crippen molar-refractivity contribution < 1.29 is 24.2 Å². The SMILES string of the molecule is CO[NH2+]c1cnc(F)cc1OCC1CCCO1. The molecule has 2 heterocycles. The van der Waals surface area contributed by atoms with Gasteiger partial charge in [0.25, 0.3) is 0 Å². The summed E-state index contributed by atoms with van der Waals surface area (Å²) in [6.07, 6.45) is 3.51. The van der Waals surface area contributed by atoms with Crippen LogP contribution in [0.5, 0.6) is 5.75 Å². The summed E-state index contributed by atoms with van der Waals surface area (Å²) >= 11 is 0. The monoisotopic (exact) mass is 243 g/mol. The molecule has 0 radical (unpaired) electrons. The molecule has 94 valence electrons. The number of ether oxygens (including phenoxy) is 2. The van der Waals surface area contributed by atoms with E-state index in [0.717, 1.165) is 19.4 Å². The Bertz CT molecular complexity index is 370. The number of hydrogen-bond donors (Lipinski definition) is 1. The summed E-state index contributed by atoms with van der Waals surface area (Å²) in [7, 11) is 1.52. The Balaban J connectivity index is 1.99. The fourth-order valence-corrected chi connectivity index (χ4v) is 1.72. The lowest BCUT2D eigenvalue weighted by atomic mass is 10.2. The number of halogens is 1. The molecule has 0 saturated carbocycles. The first-order valence-electron chi connectivity index (χ1n) is 5.55. The van der Waals surface area contributed by atoms with Gasteiger partial charge in [-0.25, -0.2) is 9.82 Å². The molecule has 0 aromatic carbocycles. The van der Waals surface area contributed by atoms with Crippen molar-refractivity contribution in [3.8, 4) is 5.75 Å². The maximum Gasteiger partial charge on any atom is 0.223 e. The van der Waals surface area contributed by atoms with Crippen molar-refractivity contribution in [2.45, 2.75) is 18.9 Å². The molecule has 5 nitrogen and oxygen atoms in total. The van der Waals surface area contributed by atoms with Gasteiger partial charge in [-0.1, -0.05) is 0 Å². The number of rotatable bonds is 5. The van der Waals surface area contributed by atoms with Crippen LogP contribution in [0.15, 0.2) is 12.3 Å². The van der Waals surface area contributed by atoms with Gasteiger partial charge in [0.2, 0.25) is 11.6 Å². The summed E-state index contributed by atoms with van der Waals surface area (Å²) in [6.45, 7) is 1.20. The van der Waals surface area contributed by atoms with E-state index in [1.807, 2.05) is 0 Å². The zero-order chi connectivity index (χ0) is 12.1. The highest BCUT2D eigenvalue weighted by molar-refractivity contribution is 5.42. The highest BCUT2D eigenvalue weighted by Crippen LogP contribution is 2.21. The molecule has 17 heavy (non-hydrogen) atoms. The molecule has 2 rings (SSSR count). The number of quaternary nitrogens is 1. The summed E-state index contributed by atoms with van der Waals surface area (Å²) < 4.78 is 24.0. The van der Waals surface area contributed by atoms with Crippen LogP contribution in [-0.4, -0.2) is 31.4 Å². The lowest BCUT2D eigenvalue weighted by Gasteiger charge is -2.12. The number of nitrogens with two attached hydrogens (primary N) is 1. The number of hydrogen-bond acceptors (Lipinski definition) is 4. The molecule has 1 aromatic rings. The van der Waals surface area contributed by atoms with E-state index in [1.165, 1.54) is 24.9 Å². The van der Waals surface area contributed by atoms with E-state index in [4.69, 9.17) is 14.3 Å². The maximum atomic E-state index is 13.0. The van der Waals surface area contributed by atoms with Gasteiger partial charge in [-0.15, -0.1) is 0 Å². The zero-order valence-electron chi connectivity index (χ0n) is 9.69. The average Bonchev–Trinajstić information content (AvgIpc) is 2.82. The molecule has 1 atom stereocenters. The van der Waals surface area contributed by atoms with Gasteiger partial charge < -0.3 is 9.47 Å². The molecule has 1 fully saturated rings. The van der Waals surface area contributed by atoms with E-state index < -0.39 is 5.95 Å². The van der Waals surface area contributed by atoms with E-state index in [2.05, 4.69) is 4.98 Å². The fourth-order valence-electron chi connectivity index (χ4n) is 1.72. The Kier molecular flexibility index (Phi) is 4.24. The summed E-state index contributed by atoms with van der Waals surface area (Å²) in [5.41, 5.74) is 2.09. The van der Waals surface area contributed by atoms with Crippen molar-refractivity contribution in [3.05, 3.63) is 18.2 Å². The van der Waals surface area contributed by atoms with Crippen molar-refractivity contribution in [1.82, 2.24) is 4.98 Å². The molecular formula is C11H16FN2O3+. The van der Waals surface area contributed by atoms with Crippen LogP contribution in [-0.2, 0) is 9.57 Å². The highest BCUT2D eigenvalue weighted by atomic mass is 19.1. The van der Waals surface area contributed by atoms with E-state index >= 15 is 0 Å². The molecule has 1 unspecified atom stereocenters. The predicted octanol–water partition coefficient (Wildman–Crippen LogP) is 0.535. The third-order valence-electron chi connectivity index (χ3n) is 2.56. The van der Waals surface area contributed by atoms with Crippen LogP contribution in [0.1, 0.15) is 12.8 Å². The van der Waals surface area contributed by atoms with Crippen molar-refractivity contribution in [2.75, 3.05) is 20.3 Å². The molecule has 1 aromatic heterocycles. The molecule has 6 heteroatoms. The van der Waals surface area contributed by atoms with Crippen LogP contribution < -0.4 is 10.2 Å². The van der Waals surface area contributed by atoms with E-state index in [1.54, 1.807) is 0 Å².